The number of carbonyl (C=O) groups excluding carboxylic acids is 1. The van der Waals surface area contributed by atoms with Gasteiger partial charge in [0.05, 0.1) is 0 Å². The maximum Gasteiger partial charge on any atom is 0.221 e. The van der Waals surface area contributed by atoms with Crippen LogP contribution >= 0.6 is 0 Å². The Morgan fingerprint density at radius 3 is 2.37 bits per heavy atom. The number of nitrogens with two attached hydrogens (primary N) is 1. The van der Waals surface area contributed by atoms with E-state index in [-0.39, 0.29) is 29.5 Å². The number of pyridine rings is 1. The van der Waals surface area contributed by atoms with Crippen LogP contribution in [0.2, 0.25) is 0 Å². The van der Waals surface area contributed by atoms with Crippen LogP contribution in [-0.2, 0) is 11.2 Å². The van der Waals surface area contributed by atoms with Gasteiger partial charge in [0, 0.05) is 24.4 Å². The molecule has 0 aliphatic rings. The second-order valence-electron chi connectivity index (χ2n) is 7.70. The molecule has 1 aromatic carbocycles. The highest BCUT2D eigenvalue weighted by molar-refractivity contribution is 5.77. The Morgan fingerprint density at radius 2 is 1.89 bits per heavy atom. The Morgan fingerprint density at radius 1 is 1.26 bits per heavy atom. The van der Waals surface area contributed by atoms with Crippen LogP contribution in [0.3, 0.4) is 0 Å². The molecule has 146 valence electrons. The summed E-state index contributed by atoms with van der Waals surface area (Å²) in [5.41, 5.74) is 10.2. The minimum absolute atomic E-state index is 0.000613. The molecule has 5 heteroatoms. The van der Waals surface area contributed by atoms with E-state index in [1.54, 1.807) is 24.5 Å². The standard InChI is InChI=1S/C22H31N3O2/c1-14-9-19(26)10-15(2)20(14)11-18(25(4)5)12-21(22(23)27)16(3)17-7-6-8-24-13-17/h6-10,13,16,18,21,26H,11-12H2,1-5H3,(H2,23,27)/t16?,18-,21?/m1/s1. The van der Waals surface area contributed by atoms with Crippen LogP contribution in [0.4, 0.5) is 0 Å². The van der Waals surface area contributed by atoms with Gasteiger partial charge in [0.1, 0.15) is 5.75 Å². The van der Waals surface area contributed by atoms with Crippen molar-refractivity contribution in [3.8, 4) is 5.75 Å². The number of rotatable bonds is 8. The van der Waals surface area contributed by atoms with Crippen molar-refractivity contribution in [3.05, 3.63) is 58.9 Å². The van der Waals surface area contributed by atoms with E-state index in [2.05, 4.69) is 9.88 Å². The summed E-state index contributed by atoms with van der Waals surface area (Å²) in [6.07, 6.45) is 5.00. The van der Waals surface area contributed by atoms with Gasteiger partial charge in [-0.25, -0.2) is 0 Å². The molecule has 3 atom stereocenters. The van der Waals surface area contributed by atoms with Gasteiger partial charge in [-0.3, -0.25) is 9.78 Å². The normalized spacial score (nSPS) is 14.7. The minimum atomic E-state index is -0.280. The van der Waals surface area contributed by atoms with Crippen molar-refractivity contribution in [1.29, 1.82) is 0 Å². The van der Waals surface area contributed by atoms with Gasteiger partial charge in [-0.15, -0.1) is 0 Å². The lowest BCUT2D eigenvalue weighted by molar-refractivity contribution is -0.123. The summed E-state index contributed by atoms with van der Waals surface area (Å²) in [7, 11) is 4.06. The summed E-state index contributed by atoms with van der Waals surface area (Å²) in [5, 5.41) is 9.80. The van der Waals surface area contributed by atoms with Crippen LogP contribution < -0.4 is 5.73 Å². The van der Waals surface area contributed by atoms with E-state index >= 15 is 0 Å². The lowest BCUT2D eigenvalue weighted by Crippen LogP contribution is -2.38. The van der Waals surface area contributed by atoms with Crippen LogP contribution in [0.25, 0.3) is 0 Å². The van der Waals surface area contributed by atoms with Crippen molar-refractivity contribution in [1.82, 2.24) is 9.88 Å². The third-order valence-electron chi connectivity index (χ3n) is 5.56. The van der Waals surface area contributed by atoms with E-state index in [9.17, 15) is 9.90 Å². The zero-order chi connectivity index (χ0) is 20.1. The Hall–Kier alpha value is -2.40. The average Bonchev–Trinajstić information content (AvgIpc) is 2.60. The SMILES string of the molecule is Cc1cc(O)cc(C)c1C[C@H](CC(C(N)=O)C(C)c1cccnc1)N(C)C. The van der Waals surface area contributed by atoms with Crippen molar-refractivity contribution < 1.29 is 9.90 Å². The Bertz CT molecular complexity index is 751. The maximum atomic E-state index is 12.3. The van der Waals surface area contributed by atoms with Crippen molar-refractivity contribution in [2.24, 2.45) is 11.7 Å². The van der Waals surface area contributed by atoms with E-state index < -0.39 is 0 Å². The number of primary amides is 1. The number of phenols is 1. The molecule has 0 saturated heterocycles. The highest BCUT2D eigenvalue weighted by atomic mass is 16.3. The lowest BCUT2D eigenvalue weighted by atomic mass is 9.81. The van der Waals surface area contributed by atoms with Crippen molar-refractivity contribution in [2.75, 3.05) is 14.1 Å². The number of hydrogen-bond donors (Lipinski definition) is 2. The first-order valence-electron chi connectivity index (χ1n) is 9.35. The second-order valence-corrected chi connectivity index (χ2v) is 7.70. The highest BCUT2D eigenvalue weighted by Crippen LogP contribution is 2.30. The number of carbonyl (C=O) groups is 1. The summed E-state index contributed by atoms with van der Waals surface area (Å²) < 4.78 is 0. The molecule has 0 fully saturated rings. The molecule has 1 aromatic heterocycles. The molecule has 2 aromatic rings. The summed E-state index contributed by atoms with van der Waals surface area (Å²) in [5.74, 6) is -0.271. The predicted molar refractivity (Wildman–Crippen MR) is 109 cm³/mol. The van der Waals surface area contributed by atoms with Gasteiger partial charge in [-0.1, -0.05) is 13.0 Å². The summed E-state index contributed by atoms with van der Waals surface area (Å²) in [6.45, 7) is 6.06. The van der Waals surface area contributed by atoms with Gasteiger partial charge in [0.15, 0.2) is 0 Å². The number of nitrogens with zero attached hydrogens (tertiary/aromatic N) is 2. The molecule has 27 heavy (non-hydrogen) atoms. The number of aromatic nitrogens is 1. The van der Waals surface area contributed by atoms with Crippen LogP contribution in [0.5, 0.6) is 5.75 Å². The number of hydrogen-bond acceptors (Lipinski definition) is 4. The molecule has 0 aliphatic carbocycles. The van der Waals surface area contributed by atoms with E-state index in [0.717, 1.165) is 23.1 Å². The first kappa shape index (κ1) is 20.9. The molecule has 5 nitrogen and oxygen atoms in total. The maximum absolute atomic E-state index is 12.3. The average molecular weight is 370 g/mol. The van der Waals surface area contributed by atoms with E-state index in [1.165, 1.54) is 5.56 Å². The Kier molecular flexibility index (Phi) is 6.97. The van der Waals surface area contributed by atoms with Gasteiger partial charge in [-0.2, -0.15) is 0 Å². The predicted octanol–water partition coefficient (Wildman–Crippen LogP) is 3.17. The largest absolute Gasteiger partial charge is 0.508 e. The van der Waals surface area contributed by atoms with Crippen molar-refractivity contribution in [3.63, 3.8) is 0 Å². The zero-order valence-corrected chi connectivity index (χ0v) is 16.9. The zero-order valence-electron chi connectivity index (χ0n) is 16.9. The van der Waals surface area contributed by atoms with Crippen molar-refractivity contribution in [2.45, 2.75) is 45.6 Å². The van der Waals surface area contributed by atoms with Crippen molar-refractivity contribution >= 4 is 5.91 Å². The van der Waals surface area contributed by atoms with Gasteiger partial charge < -0.3 is 15.7 Å². The minimum Gasteiger partial charge on any atom is -0.508 e. The number of aryl methyl sites for hydroxylation is 2. The molecule has 1 heterocycles. The highest BCUT2D eigenvalue weighted by Gasteiger charge is 2.29. The molecule has 2 unspecified atom stereocenters. The molecule has 1 amide bonds. The number of benzene rings is 1. The summed E-state index contributed by atoms with van der Waals surface area (Å²) >= 11 is 0. The fraction of sp³-hybridized carbons (Fsp3) is 0.455. The fourth-order valence-corrected chi connectivity index (χ4v) is 3.74. The van der Waals surface area contributed by atoms with Gasteiger partial charge in [0.2, 0.25) is 5.91 Å². The van der Waals surface area contributed by atoms with Crippen LogP contribution in [0.1, 0.15) is 41.5 Å². The number of likely N-dealkylation sites (N-methyl/N-ethyl adjacent to an activating group) is 1. The number of phenolic OH excluding ortho intramolecular Hbond substituents is 1. The third kappa shape index (κ3) is 5.30. The molecule has 0 saturated carbocycles. The van der Waals surface area contributed by atoms with E-state index in [4.69, 9.17) is 5.73 Å². The number of aromatic hydroxyl groups is 1. The molecule has 3 N–H and O–H groups in total. The first-order valence-corrected chi connectivity index (χ1v) is 9.35. The molecular formula is C22H31N3O2. The molecule has 0 radical (unpaired) electrons. The second kappa shape index (κ2) is 9.00. The fourth-order valence-electron chi connectivity index (χ4n) is 3.74. The third-order valence-corrected chi connectivity index (χ3v) is 5.56. The molecule has 0 spiro atoms. The molecule has 0 bridgehead atoms. The van der Waals surface area contributed by atoms with Gasteiger partial charge in [-0.05, 0) is 87.2 Å². The van der Waals surface area contributed by atoms with Gasteiger partial charge in [0.25, 0.3) is 0 Å². The summed E-state index contributed by atoms with van der Waals surface area (Å²) in [6, 6.07) is 7.62. The molecule has 0 aliphatic heterocycles. The lowest BCUT2D eigenvalue weighted by Gasteiger charge is -2.31. The monoisotopic (exact) mass is 369 g/mol. The first-order chi connectivity index (χ1) is 12.7. The van der Waals surface area contributed by atoms with Gasteiger partial charge >= 0.3 is 0 Å². The van der Waals surface area contributed by atoms with Crippen LogP contribution in [0, 0.1) is 19.8 Å². The smallest absolute Gasteiger partial charge is 0.221 e. The van der Waals surface area contributed by atoms with E-state index in [0.29, 0.717) is 6.42 Å². The molecular weight excluding hydrogens is 338 g/mol. The van der Waals surface area contributed by atoms with E-state index in [1.807, 2.05) is 47.0 Å². The topological polar surface area (TPSA) is 79.5 Å². The summed E-state index contributed by atoms with van der Waals surface area (Å²) in [4.78, 5) is 18.6. The number of amides is 1. The Labute approximate surface area is 162 Å². The van der Waals surface area contributed by atoms with Crippen LogP contribution in [-0.4, -0.2) is 41.0 Å². The molecule has 2 rings (SSSR count). The van der Waals surface area contributed by atoms with Crippen LogP contribution in [0.15, 0.2) is 36.7 Å². The Balaban J connectivity index is 2.26. The quantitative estimate of drug-likeness (QED) is 0.749.